The maximum atomic E-state index is 12.7. The summed E-state index contributed by atoms with van der Waals surface area (Å²) in [6.45, 7) is 3.27. The summed E-state index contributed by atoms with van der Waals surface area (Å²) in [6, 6.07) is 9.08. The van der Waals surface area contributed by atoms with Gasteiger partial charge in [0, 0.05) is 30.8 Å². The summed E-state index contributed by atoms with van der Waals surface area (Å²) in [5, 5.41) is 11.0. The summed E-state index contributed by atoms with van der Waals surface area (Å²) in [6.07, 6.45) is -0.0588. The molecule has 1 fully saturated rings. The second-order valence-electron chi connectivity index (χ2n) is 6.70. The molecule has 2 aromatic carbocycles. The summed E-state index contributed by atoms with van der Waals surface area (Å²) in [7, 11) is -2.74. The summed E-state index contributed by atoms with van der Waals surface area (Å²) in [5.41, 5.74) is 0.0133. The van der Waals surface area contributed by atoms with Crippen LogP contribution in [0.4, 0.5) is 11.4 Å². The van der Waals surface area contributed by atoms with Crippen molar-refractivity contribution in [1.29, 1.82) is 0 Å². The van der Waals surface area contributed by atoms with Crippen molar-refractivity contribution < 1.29 is 27.6 Å². The number of rotatable bonds is 6. The van der Waals surface area contributed by atoms with Crippen molar-refractivity contribution in [3.05, 3.63) is 58.1 Å². The first-order valence-electron chi connectivity index (χ1n) is 9.07. The Hall–Kier alpha value is -3.18. The standard InChI is InChI=1S/C19H21N3O7S/c1-13-12-21(9-10-29-13)19(23)14-3-6-16(7-4-14)30(26,27)20-17-11-15(22(24)25)5-8-18(17)28-2/h3-8,11,13,20H,9-10,12H2,1-2H3/t13-/m1/s1. The number of nitro groups is 1. The van der Waals surface area contributed by atoms with Gasteiger partial charge in [-0.05, 0) is 37.3 Å². The third-order valence-electron chi connectivity index (χ3n) is 4.58. The van der Waals surface area contributed by atoms with Crippen molar-refractivity contribution >= 4 is 27.3 Å². The number of sulfonamides is 1. The van der Waals surface area contributed by atoms with Crippen LogP contribution in [0.1, 0.15) is 17.3 Å². The molecule has 1 atom stereocenters. The van der Waals surface area contributed by atoms with Gasteiger partial charge in [-0.2, -0.15) is 0 Å². The summed E-state index contributed by atoms with van der Waals surface area (Å²) < 4.78 is 38.3. The number of nitro benzene ring substituents is 1. The zero-order valence-electron chi connectivity index (χ0n) is 16.4. The van der Waals surface area contributed by atoms with Crippen molar-refractivity contribution in [2.75, 3.05) is 31.5 Å². The third-order valence-corrected chi connectivity index (χ3v) is 5.96. The predicted molar refractivity (Wildman–Crippen MR) is 108 cm³/mol. The van der Waals surface area contributed by atoms with Crippen LogP contribution in [0.3, 0.4) is 0 Å². The second-order valence-corrected chi connectivity index (χ2v) is 8.39. The van der Waals surface area contributed by atoms with Crippen molar-refractivity contribution in [2.45, 2.75) is 17.9 Å². The number of nitrogens with zero attached hydrogens (tertiary/aromatic N) is 2. The number of benzene rings is 2. The van der Waals surface area contributed by atoms with Gasteiger partial charge in [0.05, 0.1) is 35.3 Å². The molecule has 0 unspecified atom stereocenters. The Morgan fingerprint density at radius 1 is 1.27 bits per heavy atom. The molecule has 0 bridgehead atoms. The van der Waals surface area contributed by atoms with Gasteiger partial charge < -0.3 is 14.4 Å². The lowest BCUT2D eigenvalue weighted by atomic mass is 10.2. The number of ether oxygens (including phenoxy) is 2. The molecule has 1 amide bonds. The van der Waals surface area contributed by atoms with Crippen molar-refractivity contribution in [3.63, 3.8) is 0 Å². The molecular formula is C19H21N3O7S. The van der Waals surface area contributed by atoms with Crippen LogP contribution in [-0.4, -0.2) is 57.1 Å². The predicted octanol–water partition coefficient (Wildman–Crippen LogP) is 2.27. The van der Waals surface area contributed by atoms with Gasteiger partial charge in [-0.1, -0.05) is 0 Å². The molecule has 1 aliphatic rings. The van der Waals surface area contributed by atoms with Gasteiger partial charge in [-0.15, -0.1) is 0 Å². The lowest BCUT2D eigenvalue weighted by Gasteiger charge is -2.31. The highest BCUT2D eigenvalue weighted by molar-refractivity contribution is 7.92. The highest BCUT2D eigenvalue weighted by Crippen LogP contribution is 2.31. The quantitative estimate of drug-likeness (QED) is 0.544. The number of carbonyl (C=O) groups is 1. The van der Waals surface area contributed by atoms with Crippen molar-refractivity contribution in [3.8, 4) is 5.75 Å². The minimum absolute atomic E-state index is 0.0588. The molecule has 11 heteroatoms. The summed E-state index contributed by atoms with van der Waals surface area (Å²) in [5.74, 6) is -0.0696. The largest absolute Gasteiger partial charge is 0.495 e. The Kier molecular flexibility index (Phi) is 6.22. The second kappa shape index (κ2) is 8.67. The molecule has 2 aromatic rings. The Bertz CT molecular complexity index is 1050. The fourth-order valence-electron chi connectivity index (χ4n) is 3.06. The third kappa shape index (κ3) is 4.69. The van der Waals surface area contributed by atoms with Gasteiger partial charge in [0.1, 0.15) is 5.75 Å². The Balaban J connectivity index is 1.81. The molecule has 1 N–H and O–H groups in total. The van der Waals surface area contributed by atoms with Crippen LogP contribution in [0.5, 0.6) is 5.75 Å². The average Bonchev–Trinajstić information content (AvgIpc) is 2.73. The van der Waals surface area contributed by atoms with E-state index in [1.54, 1.807) is 4.90 Å². The van der Waals surface area contributed by atoms with E-state index in [0.29, 0.717) is 25.3 Å². The van der Waals surface area contributed by atoms with Crippen LogP contribution in [0.15, 0.2) is 47.4 Å². The van der Waals surface area contributed by atoms with Gasteiger partial charge >= 0.3 is 0 Å². The molecule has 3 rings (SSSR count). The van der Waals surface area contributed by atoms with E-state index in [-0.39, 0.29) is 34.0 Å². The molecule has 1 heterocycles. The number of methoxy groups -OCH3 is 1. The van der Waals surface area contributed by atoms with E-state index in [9.17, 15) is 23.3 Å². The van der Waals surface area contributed by atoms with Crippen LogP contribution in [-0.2, 0) is 14.8 Å². The van der Waals surface area contributed by atoms with E-state index in [1.165, 1.54) is 43.5 Å². The lowest BCUT2D eigenvalue weighted by Crippen LogP contribution is -2.44. The van der Waals surface area contributed by atoms with Gasteiger partial charge in [0.25, 0.3) is 21.6 Å². The molecule has 10 nitrogen and oxygen atoms in total. The fourth-order valence-corrected chi connectivity index (χ4v) is 4.12. The SMILES string of the molecule is COc1ccc([N+](=O)[O-])cc1NS(=O)(=O)c1ccc(C(=O)N2CCO[C@H](C)C2)cc1. The zero-order valence-corrected chi connectivity index (χ0v) is 17.2. The lowest BCUT2D eigenvalue weighted by molar-refractivity contribution is -0.384. The first kappa shape index (κ1) is 21.5. The number of amides is 1. The maximum Gasteiger partial charge on any atom is 0.271 e. The molecular weight excluding hydrogens is 414 g/mol. The smallest absolute Gasteiger partial charge is 0.271 e. The molecule has 0 radical (unpaired) electrons. The highest BCUT2D eigenvalue weighted by Gasteiger charge is 2.24. The van der Waals surface area contributed by atoms with Gasteiger partial charge in [-0.25, -0.2) is 8.42 Å². The average molecular weight is 435 g/mol. The summed E-state index contributed by atoms with van der Waals surface area (Å²) in [4.78, 5) is 24.5. The normalized spacial score (nSPS) is 16.7. The Morgan fingerprint density at radius 2 is 1.97 bits per heavy atom. The van der Waals surface area contributed by atoms with Crippen LogP contribution < -0.4 is 9.46 Å². The molecule has 0 aromatic heterocycles. The number of carbonyl (C=O) groups excluding carboxylic acids is 1. The summed E-state index contributed by atoms with van der Waals surface area (Å²) >= 11 is 0. The van der Waals surface area contributed by atoms with E-state index in [4.69, 9.17) is 9.47 Å². The number of morpholine rings is 1. The van der Waals surface area contributed by atoms with E-state index >= 15 is 0 Å². The molecule has 0 spiro atoms. The van der Waals surface area contributed by atoms with Crippen LogP contribution in [0.2, 0.25) is 0 Å². The first-order chi connectivity index (χ1) is 14.2. The minimum Gasteiger partial charge on any atom is -0.495 e. The number of non-ortho nitro benzene ring substituents is 1. The molecule has 1 aliphatic heterocycles. The van der Waals surface area contributed by atoms with E-state index < -0.39 is 14.9 Å². The highest BCUT2D eigenvalue weighted by atomic mass is 32.2. The first-order valence-corrected chi connectivity index (χ1v) is 10.6. The van der Waals surface area contributed by atoms with Gasteiger partial charge in [-0.3, -0.25) is 19.6 Å². The number of anilines is 1. The maximum absolute atomic E-state index is 12.7. The van der Waals surface area contributed by atoms with Crippen LogP contribution in [0.25, 0.3) is 0 Å². The van der Waals surface area contributed by atoms with E-state index in [0.717, 1.165) is 6.07 Å². The molecule has 1 saturated heterocycles. The Labute approximate surface area is 173 Å². The van der Waals surface area contributed by atoms with Crippen molar-refractivity contribution in [2.24, 2.45) is 0 Å². The van der Waals surface area contributed by atoms with Gasteiger partial charge in [0.2, 0.25) is 0 Å². The van der Waals surface area contributed by atoms with Crippen LogP contribution in [0, 0.1) is 10.1 Å². The monoisotopic (exact) mass is 435 g/mol. The fraction of sp³-hybridized carbons (Fsp3) is 0.316. The number of hydrogen-bond acceptors (Lipinski definition) is 7. The molecule has 0 saturated carbocycles. The van der Waals surface area contributed by atoms with E-state index in [2.05, 4.69) is 4.72 Å². The van der Waals surface area contributed by atoms with Crippen LogP contribution >= 0.6 is 0 Å². The molecule has 0 aliphatic carbocycles. The minimum atomic E-state index is -4.06. The van der Waals surface area contributed by atoms with Gasteiger partial charge in [0.15, 0.2) is 0 Å². The molecule has 30 heavy (non-hydrogen) atoms. The topological polar surface area (TPSA) is 128 Å². The number of hydrogen-bond donors (Lipinski definition) is 1. The zero-order chi connectivity index (χ0) is 21.9. The van der Waals surface area contributed by atoms with E-state index in [1.807, 2.05) is 6.92 Å². The van der Waals surface area contributed by atoms with Crippen molar-refractivity contribution in [1.82, 2.24) is 4.90 Å². The Morgan fingerprint density at radius 3 is 2.57 bits per heavy atom. The molecule has 160 valence electrons. The number of nitrogens with one attached hydrogen (secondary N) is 1.